The van der Waals surface area contributed by atoms with Gasteiger partial charge in [0.1, 0.15) is 5.75 Å². The van der Waals surface area contributed by atoms with Crippen LogP contribution in [0, 0.1) is 0 Å². The quantitative estimate of drug-likeness (QED) is 0.699. The van der Waals surface area contributed by atoms with Gasteiger partial charge in [-0.15, -0.1) is 0 Å². The Hall–Kier alpha value is -1.06. The highest BCUT2D eigenvalue weighted by Crippen LogP contribution is 2.31. The highest BCUT2D eigenvalue weighted by Gasteiger charge is 2.25. The van der Waals surface area contributed by atoms with Gasteiger partial charge >= 0.3 is 0 Å². The van der Waals surface area contributed by atoms with E-state index in [4.69, 9.17) is 10.5 Å². The molecule has 1 aromatic carbocycles. The first-order valence-electron chi connectivity index (χ1n) is 4.83. The van der Waals surface area contributed by atoms with E-state index in [2.05, 4.69) is 0 Å². The van der Waals surface area contributed by atoms with Crippen LogP contribution in [0.25, 0.3) is 0 Å². The summed E-state index contributed by atoms with van der Waals surface area (Å²) >= 11 is 0. The molecule has 0 saturated heterocycles. The van der Waals surface area contributed by atoms with E-state index < -0.39 is 6.10 Å². The summed E-state index contributed by atoms with van der Waals surface area (Å²) in [5, 5.41) is 9.87. The summed E-state index contributed by atoms with van der Waals surface area (Å²) in [7, 11) is 1.62. The van der Waals surface area contributed by atoms with Gasteiger partial charge < -0.3 is 15.6 Å². The first-order chi connectivity index (χ1) is 6.72. The molecule has 0 amide bonds. The molecule has 0 aliphatic heterocycles. The van der Waals surface area contributed by atoms with Crippen LogP contribution in [0.3, 0.4) is 0 Å². The number of rotatable bonds is 1. The van der Waals surface area contributed by atoms with Gasteiger partial charge in [-0.3, -0.25) is 0 Å². The van der Waals surface area contributed by atoms with Gasteiger partial charge in [0.05, 0.1) is 13.2 Å². The van der Waals surface area contributed by atoms with Gasteiger partial charge in [0.2, 0.25) is 0 Å². The second-order valence-corrected chi connectivity index (χ2v) is 3.71. The second-order valence-electron chi connectivity index (χ2n) is 3.71. The third-order valence-corrected chi connectivity index (χ3v) is 2.82. The highest BCUT2D eigenvalue weighted by atomic mass is 16.5. The molecule has 0 fully saturated rings. The Kier molecular flexibility index (Phi) is 2.44. The lowest BCUT2D eigenvalue weighted by molar-refractivity contribution is 0.133. The van der Waals surface area contributed by atoms with E-state index in [-0.39, 0.29) is 6.04 Å². The maximum absolute atomic E-state index is 9.87. The molecule has 0 bridgehead atoms. The highest BCUT2D eigenvalue weighted by molar-refractivity contribution is 5.39. The normalized spacial score (nSPS) is 25.6. The molecule has 1 aromatic rings. The molecule has 1 aliphatic carbocycles. The van der Waals surface area contributed by atoms with E-state index in [1.54, 1.807) is 7.11 Å². The number of benzene rings is 1. The number of aliphatic hydroxyl groups excluding tert-OH is 1. The number of aryl methyl sites for hydroxylation is 1. The van der Waals surface area contributed by atoms with Gasteiger partial charge in [0.25, 0.3) is 0 Å². The summed E-state index contributed by atoms with van der Waals surface area (Å²) < 4.78 is 5.11. The molecule has 0 aromatic heterocycles. The van der Waals surface area contributed by atoms with Gasteiger partial charge in [-0.05, 0) is 36.1 Å². The van der Waals surface area contributed by atoms with Crippen molar-refractivity contribution >= 4 is 0 Å². The molecule has 1 aliphatic rings. The van der Waals surface area contributed by atoms with Gasteiger partial charge in [0, 0.05) is 6.04 Å². The van der Waals surface area contributed by atoms with Crippen LogP contribution in [0.2, 0.25) is 0 Å². The number of nitrogens with two attached hydrogens (primary N) is 1. The fraction of sp³-hybridized carbons (Fsp3) is 0.455. The molecule has 2 rings (SSSR count). The smallest absolute Gasteiger partial charge is 0.119 e. The van der Waals surface area contributed by atoms with Crippen LogP contribution in [-0.2, 0) is 6.42 Å². The zero-order chi connectivity index (χ0) is 10.1. The molecular formula is C11H15NO2. The molecular weight excluding hydrogens is 178 g/mol. The van der Waals surface area contributed by atoms with Crippen LogP contribution in [0.15, 0.2) is 18.2 Å². The van der Waals surface area contributed by atoms with Crippen LogP contribution in [-0.4, -0.2) is 18.3 Å². The fourth-order valence-electron chi connectivity index (χ4n) is 1.91. The molecule has 3 N–H and O–H groups in total. The standard InChI is InChI=1S/C11H15NO2/c1-14-8-4-2-7-3-5-10(12)11(13)9(7)6-8/h2,4,6,10-11,13H,3,5,12H2,1H3/t10?,11-/m1/s1. The van der Waals surface area contributed by atoms with E-state index in [0.717, 1.165) is 24.2 Å². The van der Waals surface area contributed by atoms with E-state index in [1.807, 2.05) is 18.2 Å². The summed E-state index contributed by atoms with van der Waals surface area (Å²) in [6.45, 7) is 0. The minimum Gasteiger partial charge on any atom is -0.497 e. The predicted octanol–water partition coefficient (Wildman–Crippen LogP) is 1.00. The summed E-state index contributed by atoms with van der Waals surface area (Å²) in [6, 6.07) is 5.65. The molecule has 2 atom stereocenters. The molecule has 76 valence electrons. The van der Waals surface area contributed by atoms with Crippen molar-refractivity contribution in [2.45, 2.75) is 25.0 Å². The minimum absolute atomic E-state index is 0.144. The first-order valence-corrected chi connectivity index (χ1v) is 4.83. The molecule has 0 radical (unpaired) electrons. The number of ether oxygens (including phenoxy) is 1. The lowest BCUT2D eigenvalue weighted by Crippen LogP contribution is -2.32. The molecule has 3 heteroatoms. The maximum Gasteiger partial charge on any atom is 0.119 e. The van der Waals surface area contributed by atoms with E-state index in [0.29, 0.717) is 0 Å². The van der Waals surface area contributed by atoms with Gasteiger partial charge in [-0.25, -0.2) is 0 Å². The minimum atomic E-state index is -0.547. The summed E-state index contributed by atoms with van der Waals surface area (Å²) in [6.07, 6.45) is 1.24. The molecule has 0 spiro atoms. The van der Waals surface area contributed by atoms with Crippen molar-refractivity contribution in [3.63, 3.8) is 0 Å². The lowest BCUT2D eigenvalue weighted by atomic mass is 9.86. The Morgan fingerprint density at radius 1 is 1.50 bits per heavy atom. The average molecular weight is 193 g/mol. The number of aliphatic hydroxyl groups is 1. The van der Waals surface area contributed by atoms with Gasteiger partial charge in [-0.2, -0.15) is 0 Å². The third-order valence-electron chi connectivity index (χ3n) is 2.82. The molecule has 14 heavy (non-hydrogen) atoms. The zero-order valence-electron chi connectivity index (χ0n) is 8.23. The lowest BCUT2D eigenvalue weighted by Gasteiger charge is -2.27. The van der Waals surface area contributed by atoms with Gasteiger partial charge in [0.15, 0.2) is 0 Å². The van der Waals surface area contributed by atoms with Gasteiger partial charge in [-0.1, -0.05) is 6.07 Å². The Morgan fingerprint density at radius 3 is 3.00 bits per heavy atom. The molecule has 0 saturated carbocycles. The monoisotopic (exact) mass is 193 g/mol. The van der Waals surface area contributed by atoms with Crippen molar-refractivity contribution < 1.29 is 9.84 Å². The summed E-state index contributed by atoms with van der Waals surface area (Å²) in [5.41, 5.74) is 7.89. The zero-order valence-corrected chi connectivity index (χ0v) is 8.23. The average Bonchev–Trinajstić information content (AvgIpc) is 2.23. The van der Waals surface area contributed by atoms with E-state index in [9.17, 15) is 5.11 Å². The topological polar surface area (TPSA) is 55.5 Å². The summed E-state index contributed by atoms with van der Waals surface area (Å²) in [4.78, 5) is 0. The van der Waals surface area contributed by atoms with Crippen LogP contribution in [0.4, 0.5) is 0 Å². The van der Waals surface area contributed by atoms with Crippen molar-refractivity contribution in [2.24, 2.45) is 5.73 Å². The number of hydrogen-bond acceptors (Lipinski definition) is 3. The Morgan fingerprint density at radius 2 is 2.29 bits per heavy atom. The first kappa shape index (κ1) is 9.49. The third kappa shape index (κ3) is 1.49. The van der Waals surface area contributed by atoms with Crippen molar-refractivity contribution in [1.82, 2.24) is 0 Å². The molecule has 0 heterocycles. The van der Waals surface area contributed by atoms with Crippen LogP contribution < -0.4 is 10.5 Å². The van der Waals surface area contributed by atoms with E-state index >= 15 is 0 Å². The Labute approximate surface area is 83.5 Å². The van der Waals surface area contributed by atoms with Crippen molar-refractivity contribution in [3.8, 4) is 5.75 Å². The van der Waals surface area contributed by atoms with Crippen LogP contribution in [0.5, 0.6) is 5.75 Å². The predicted molar refractivity (Wildman–Crippen MR) is 54.3 cm³/mol. The Balaban J connectivity index is 2.41. The number of fused-ring (bicyclic) bond motifs is 1. The second kappa shape index (κ2) is 3.59. The largest absolute Gasteiger partial charge is 0.497 e. The van der Waals surface area contributed by atoms with Crippen LogP contribution in [0.1, 0.15) is 23.7 Å². The fourth-order valence-corrected chi connectivity index (χ4v) is 1.91. The maximum atomic E-state index is 9.87. The van der Waals surface area contributed by atoms with Crippen molar-refractivity contribution in [1.29, 1.82) is 0 Å². The number of methoxy groups -OCH3 is 1. The van der Waals surface area contributed by atoms with Crippen molar-refractivity contribution in [2.75, 3.05) is 7.11 Å². The SMILES string of the molecule is COc1ccc2c(c1)[C@@H](O)C(N)CC2. The van der Waals surface area contributed by atoms with E-state index in [1.165, 1.54) is 5.56 Å². The van der Waals surface area contributed by atoms with Crippen molar-refractivity contribution in [3.05, 3.63) is 29.3 Å². The molecule has 3 nitrogen and oxygen atoms in total. The molecule has 1 unspecified atom stereocenters. The number of hydrogen-bond donors (Lipinski definition) is 2. The Bertz CT molecular complexity index is 338. The van der Waals surface area contributed by atoms with Crippen LogP contribution >= 0.6 is 0 Å². The summed E-state index contributed by atoms with van der Waals surface area (Å²) in [5.74, 6) is 0.775.